The quantitative estimate of drug-likeness (QED) is 0.838. The van der Waals surface area contributed by atoms with E-state index in [9.17, 15) is 4.79 Å². The van der Waals surface area contributed by atoms with E-state index in [2.05, 4.69) is 34.6 Å². The Balaban J connectivity index is 2.75. The van der Waals surface area contributed by atoms with E-state index in [0.717, 1.165) is 25.8 Å². The normalized spacial score (nSPS) is 28.8. The Bertz CT molecular complexity index is 272. The summed E-state index contributed by atoms with van der Waals surface area (Å²) in [7, 11) is 0. The predicted molar refractivity (Wildman–Crippen MR) is 76.2 cm³/mol. The molecule has 106 valence electrons. The van der Waals surface area contributed by atoms with Crippen molar-refractivity contribution in [1.29, 1.82) is 0 Å². The summed E-state index contributed by atoms with van der Waals surface area (Å²) < 4.78 is 0. The molecule has 1 rings (SSSR count). The van der Waals surface area contributed by atoms with E-state index in [1.54, 1.807) is 0 Å². The summed E-state index contributed by atoms with van der Waals surface area (Å²) >= 11 is 0. The summed E-state index contributed by atoms with van der Waals surface area (Å²) in [6, 6.07) is 0.478. The van der Waals surface area contributed by atoms with Gasteiger partial charge in [-0.15, -0.1) is 0 Å². The maximum Gasteiger partial charge on any atom is 0.226 e. The van der Waals surface area contributed by atoms with Crippen LogP contribution in [0.25, 0.3) is 0 Å². The molecule has 3 atom stereocenters. The van der Waals surface area contributed by atoms with Gasteiger partial charge in [-0.25, -0.2) is 0 Å². The number of amides is 1. The molecule has 0 spiro atoms. The third-order valence-corrected chi connectivity index (χ3v) is 4.15. The van der Waals surface area contributed by atoms with Crippen LogP contribution in [0.4, 0.5) is 0 Å². The van der Waals surface area contributed by atoms with E-state index in [4.69, 9.17) is 5.73 Å². The van der Waals surface area contributed by atoms with Gasteiger partial charge in [-0.3, -0.25) is 4.79 Å². The second-order valence-corrected chi connectivity index (χ2v) is 6.54. The Labute approximate surface area is 112 Å². The summed E-state index contributed by atoms with van der Waals surface area (Å²) in [5.41, 5.74) is 6.11. The number of rotatable bonds is 4. The number of carbonyl (C=O) groups is 1. The van der Waals surface area contributed by atoms with Gasteiger partial charge in [-0.2, -0.15) is 0 Å². The molecule has 0 aromatic heterocycles. The van der Waals surface area contributed by atoms with Crippen molar-refractivity contribution in [3.63, 3.8) is 0 Å². The van der Waals surface area contributed by atoms with E-state index in [1.807, 2.05) is 4.90 Å². The standard InChI is InChI=1S/C15H30N2O/c1-10(2)9-17(11(3)4)15(18)13-7-6-8-14(16)12(13)5/h10-14H,6-9,16H2,1-5H3. The van der Waals surface area contributed by atoms with Crippen LogP contribution in [-0.2, 0) is 4.79 Å². The molecule has 0 bridgehead atoms. The SMILES string of the molecule is CC(C)CN(C(=O)C1CCCC(N)C1C)C(C)C. The Morgan fingerprint density at radius 1 is 1.28 bits per heavy atom. The minimum atomic E-state index is 0.134. The molecular weight excluding hydrogens is 224 g/mol. The van der Waals surface area contributed by atoms with Gasteiger partial charge in [0.05, 0.1) is 0 Å². The fourth-order valence-electron chi connectivity index (χ4n) is 2.91. The van der Waals surface area contributed by atoms with E-state index in [1.165, 1.54) is 0 Å². The highest BCUT2D eigenvalue weighted by atomic mass is 16.2. The molecule has 3 unspecified atom stereocenters. The van der Waals surface area contributed by atoms with Crippen LogP contribution < -0.4 is 5.73 Å². The Morgan fingerprint density at radius 2 is 1.89 bits per heavy atom. The number of hydrogen-bond acceptors (Lipinski definition) is 2. The fourth-order valence-corrected chi connectivity index (χ4v) is 2.91. The van der Waals surface area contributed by atoms with E-state index < -0.39 is 0 Å². The van der Waals surface area contributed by atoms with Gasteiger partial charge >= 0.3 is 0 Å². The molecule has 1 fully saturated rings. The van der Waals surface area contributed by atoms with Crippen molar-refractivity contribution in [2.24, 2.45) is 23.5 Å². The van der Waals surface area contributed by atoms with Crippen molar-refractivity contribution in [3.8, 4) is 0 Å². The molecule has 0 radical (unpaired) electrons. The first-order valence-electron chi connectivity index (χ1n) is 7.40. The molecule has 0 aromatic rings. The molecule has 0 saturated heterocycles. The fraction of sp³-hybridized carbons (Fsp3) is 0.933. The molecule has 1 aliphatic carbocycles. The highest BCUT2D eigenvalue weighted by Crippen LogP contribution is 2.31. The van der Waals surface area contributed by atoms with Crippen LogP contribution in [0.5, 0.6) is 0 Å². The summed E-state index contributed by atoms with van der Waals surface area (Å²) in [6.45, 7) is 11.5. The van der Waals surface area contributed by atoms with Gasteiger partial charge in [0, 0.05) is 24.5 Å². The first-order valence-corrected chi connectivity index (χ1v) is 7.40. The molecule has 3 nitrogen and oxygen atoms in total. The average Bonchev–Trinajstić information content (AvgIpc) is 2.28. The van der Waals surface area contributed by atoms with Gasteiger partial charge in [0.15, 0.2) is 0 Å². The van der Waals surface area contributed by atoms with E-state index >= 15 is 0 Å². The molecule has 0 heterocycles. The van der Waals surface area contributed by atoms with Crippen LogP contribution >= 0.6 is 0 Å². The molecule has 3 heteroatoms. The van der Waals surface area contributed by atoms with Gasteiger partial charge < -0.3 is 10.6 Å². The molecule has 18 heavy (non-hydrogen) atoms. The maximum atomic E-state index is 12.7. The molecular formula is C15H30N2O. The minimum Gasteiger partial charge on any atom is -0.340 e. The number of carbonyl (C=O) groups excluding carboxylic acids is 1. The zero-order chi connectivity index (χ0) is 13.9. The monoisotopic (exact) mass is 254 g/mol. The number of nitrogens with two attached hydrogens (primary N) is 1. The van der Waals surface area contributed by atoms with Gasteiger partial charge in [0.25, 0.3) is 0 Å². The summed E-state index contributed by atoms with van der Waals surface area (Å²) in [5.74, 6) is 1.29. The zero-order valence-electron chi connectivity index (χ0n) is 12.6. The third-order valence-electron chi connectivity index (χ3n) is 4.15. The highest BCUT2D eigenvalue weighted by molar-refractivity contribution is 5.79. The van der Waals surface area contributed by atoms with Crippen LogP contribution in [0.1, 0.15) is 53.9 Å². The molecule has 2 N–H and O–H groups in total. The van der Waals surface area contributed by atoms with Crippen LogP contribution in [0.2, 0.25) is 0 Å². The average molecular weight is 254 g/mol. The van der Waals surface area contributed by atoms with Crippen LogP contribution in [-0.4, -0.2) is 29.4 Å². The van der Waals surface area contributed by atoms with Crippen molar-refractivity contribution < 1.29 is 4.79 Å². The largest absolute Gasteiger partial charge is 0.340 e. The van der Waals surface area contributed by atoms with Gasteiger partial charge in [-0.05, 0) is 38.5 Å². The second-order valence-electron chi connectivity index (χ2n) is 6.54. The van der Waals surface area contributed by atoms with Crippen molar-refractivity contribution >= 4 is 5.91 Å². The summed E-state index contributed by atoms with van der Waals surface area (Å²) in [4.78, 5) is 14.7. The topological polar surface area (TPSA) is 46.3 Å². The molecule has 0 aromatic carbocycles. The zero-order valence-corrected chi connectivity index (χ0v) is 12.6. The Kier molecular flexibility index (Phi) is 5.64. The Hall–Kier alpha value is -0.570. The highest BCUT2D eigenvalue weighted by Gasteiger charge is 2.35. The van der Waals surface area contributed by atoms with Crippen LogP contribution in [0.15, 0.2) is 0 Å². The lowest BCUT2D eigenvalue weighted by Gasteiger charge is -2.38. The van der Waals surface area contributed by atoms with E-state index in [0.29, 0.717) is 17.7 Å². The predicted octanol–water partition coefficient (Wildman–Crippen LogP) is 2.64. The molecule has 1 saturated carbocycles. The van der Waals surface area contributed by atoms with Gasteiger partial charge in [-0.1, -0.05) is 27.2 Å². The second kappa shape index (κ2) is 6.55. The van der Waals surface area contributed by atoms with Gasteiger partial charge in [0.1, 0.15) is 0 Å². The lowest BCUT2D eigenvalue weighted by Crippen LogP contribution is -2.49. The van der Waals surface area contributed by atoms with Gasteiger partial charge in [0.2, 0.25) is 5.91 Å². The van der Waals surface area contributed by atoms with Crippen molar-refractivity contribution in [2.75, 3.05) is 6.54 Å². The van der Waals surface area contributed by atoms with Crippen LogP contribution in [0.3, 0.4) is 0 Å². The Morgan fingerprint density at radius 3 is 2.39 bits per heavy atom. The van der Waals surface area contributed by atoms with E-state index in [-0.39, 0.29) is 18.0 Å². The van der Waals surface area contributed by atoms with Crippen molar-refractivity contribution in [1.82, 2.24) is 4.90 Å². The summed E-state index contributed by atoms with van der Waals surface area (Å²) in [6.07, 6.45) is 3.17. The van der Waals surface area contributed by atoms with Crippen molar-refractivity contribution in [2.45, 2.75) is 66.0 Å². The first-order chi connectivity index (χ1) is 8.34. The maximum absolute atomic E-state index is 12.7. The minimum absolute atomic E-state index is 0.134. The number of hydrogen-bond donors (Lipinski definition) is 1. The molecule has 1 aliphatic rings. The smallest absolute Gasteiger partial charge is 0.226 e. The lowest BCUT2D eigenvalue weighted by molar-refractivity contribution is -0.141. The molecule has 1 amide bonds. The van der Waals surface area contributed by atoms with Crippen molar-refractivity contribution in [3.05, 3.63) is 0 Å². The summed E-state index contributed by atoms with van der Waals surface area (Å²) in [5, 5.41) is 0. The molecule has 0 aliphatic heterocycles. The first kappa shape index (κ1) is 15.5. The number of nitrogens with zero attached hydrogens (tertiary/aromatic N) is 1. The lowest BCUT2D eigenvalue weighted by atomic mass is 9.76. The van der Waals surface area contributed by atoms with Crippen LogP contribution in [0, 0.1) is 17.8 Å². The third kappa shape index (κ3) is 3.71.